The number of carbonyl (C=O) groups excluding carboxylic acids is 1. The van der Waals surface area contributed by atoms with E-state index in [1.807, 2.05) is 30.3 Å². The third-order valence-corrected chi connectivity index (χ3v) is 5.53. The molecule has 132 valence electrons. The van der Waals surface area contributed by atoms with Crippen LogP contribution in [0.1, 0.15) is 31.2 Å². The van der Waals surface area contributed by atoms with Crippen molar-refractivity contribution in [3.63, 3.8) is 0 Å². The summed E-state index contributed by atoms with van der Waals surface area (Å²) >= 11 is 0. The fraction of sp³-hybridized carbons (Fsp3) is 0.684. The van der Waals surface area contributed by atoms with Gasteiger partial charge in [0.2, 0.25) is 5.91 Å². The van der Waals surface area contributed by atoms with Crippen LogP contribution in [0.15, 0.2) is 24.5 Å². The molecule has 0 aliphatic carbocycles. The molecule has 0 unspecified atom stereocenters. The van der Waals surface area contributed by atoms with E-state index in [9.17, 15) is 4.79 Å². The van der Waals surface area contributed by atoms with Crippen LogP contribution in [-0.4, -0.2) is 71.9 Å². The number of piperidine rings is 2. The van der Waals surface area contributed by atoms with Gasteiger partial charge in [0.15, 0.2) is 0 Å². The molecule has 3 heterocycles. The second kappa shape index (κ2) is 8.08. The number of carbonyl (C=O) groups is 1. The third-order valence-electron chi connectivity index (χ3n) is 5.53. The van der Waals surface area contributed by atoms with Crippen molar-refractivity contribution in [1.29, 1.82) is 0 Å². The van der Waals surface area contributed by atoms with E-state index in [-0.39, 0.29) is 11.8 Å². The van der Waals surface area contributed by atoms with Gasteiger partial charge in [0.05, 0.1) is 5.92 Å². The van der Waals surface area contributed by atoms with Gasteiger partial charge in [-0.2, -0.15) is 0 Å². The average molecular weight is 330 g/mol. The molecule has 0 spiro atoms. The summed E-state index contributed by atoms with van der Waals surface area (Å²) in [6.45, 7) is 5.11. The molecule has 5 nitrogen and oxygen atoms in total. The van der Waals surface area contributed by atoms with Crippen LogP contribution in [0.4, 0.5) is 0 Å². The summed E-state index contributed by atoms with van der Waals surface area (Å²) in [5.74, 6) is 0.441. The number of likely N-dealkylation sites (tertiary alicyclic amines) is 2. The van der Waals surface area contributed by atoms with Crippen LogP contribution < -0.4 is 0 Å². The van der Waals surface area contributed by atoms with Crippen molar-refractivity contribution in [3.8, 4) is 0 Å². The van der Waals surface area contributed by atoms with Gasteiger partial charge in [0.25, 0.3) is 0 Å². The normalized spacial score (nSPS) is 24.0. The zero-order valence-electron chi connectivity index (χ0n) is 15.0. The van der Waals surface area contributed by atoms with Gasteiger partial charge in [-0.05, 0) is 64.0 Å². The van der Waals surface area contributed by atoms with Gasteiger partial charge < -0.3 is 9.80 Å². The molecule has 0 aromatic carbocycles. The van der Waals surface area contributed by atoms with Crippen LogP contribution >= 0.6 is 0 Å². The summed E-state index contributed by atoms with van der Waals surface area (Å²) in [5.41, 5.74) is 1.09. The molecule has 0 saturated carbocycles. The first-order valence-corrected chi connectivity index (χ1v) is 9.20. The molecule has 3 rings (SSSR count). The number of hydrogen-bond donors (Lipinski definition) is 0. The van der Waals surface area contributed by atoms with Gasteiger partial charge in [0.1, 0.15) is 0 Å². The Balaban J connectivity index is 1.54. The lowest BCUT2D eigenvalue weighted by molar-refractivity contribution is -0.137. The SMILES string of the molecule is CN1CCC(N2CCC[C@@H](C(=O)N(C)Cc3cccnc3)C2)CC1. The maximum atomic E-state index is 12.9. The summed E-state index contributed by atoms with van der Waals surface area (Å²) in [6, 6.07) is 4.62. The Kier molecular flexibility index (Phi) is 5.85. The number of hydrogen-bond acceptors (Lipinski definition) is 4. The van der Waals surface area contributed by atoms with Crippen molar-refractivity contribution >= 4 is 5.91 Å². The summed E-state index contributed by atoms with van der Waals surface area (Å²) in [7, 11) is 4.12. The first-order valence-electron chi connectivity index (χ1n) is 9.20. The lowest BCUT2D eigenvalue weighted by Gasteiger charge is -2.41. The van der Waals surface area contributed by atoms with E-state index in [2.05, 4.69) is 21.8 Å². The highest BCUT2D eigenvalue weighted by Crippen LogP contribution is 2.25. The third kappa shape index (κ3) is 4.33. The highest BCUT2D eigenvalue weighted by atomic mass is 16.2. The van der Waals surface area contributed by atoms with Gasteiger partial charge in [-0.3, -0.25) is 14.7 Å². The van der Waals surface area contributed by atoms with E-state index < -0.39 is 0 Å². The van der Waals surface area contributed by atoms with Crippen molar-refractivity contribution in [2.45, 2.75) is 38.3 Å². The molecule has 2 fully saturated rings. The zero-order valence-corrected chi connectivity index (χ0v) is 15.0. The fourth-order valence-electron chi connectivity index (χ4n) is 4.05. The van der Waals surface area contributed by atoms with E-state index in [0.29, 0.717) is 12.6 Å². The van der Waals surface area contributed by atoms with Crippen LogP contribution in [0.5, 0.6) is 0 Å². The van der Waals surface area contributed by atoms with Crippen molar-refractivity contribution < 1.29 is 4.79 Å². The molecular weight excluding hydrogens is 300 g/mol. The van der Waals surface area contributed by atoms with E-state index >= 15 is 0 Å². The van der Waals surface area contributed by atoms with Gasteiger partial charge in [-0.25, -0.2) is 0 Å². The van der Waals surface area contributed by atoms with Crippen molar-refractivity contribution in [2.75, 3.05) is 40.3 Å². The minimum Gasteiger partial charge on any atom is -0.341 e. The molecule has 2 aliphatic heterocycles. The molecule has 0 bridgehead atoms. The molecule has 1 aromatic heterocycles. The first kappa shape index (κ1) is 17.4. The summed E-state index contributed by atoms with van der Waals surface area (Å²) in [5, 5.41) is 0. The van der Waals surface area contributed by atoms with Crippen molar-refractivity contribution in [2.24, 2.45) is 5.92 Å². The van der Waals surface area contributed by atoms with Crippen molar-refractivity contribution in [3.05, 3.63) is 30.1 Å². The lowest BCUT2D eigenvalue weighted by atomic mass is 9.93. The highest BCUT2D eigenvalue weighted by molar-refractivity contribution is 5.78. The molecule has 24 heavy (non-hydrogen) atoms. The molecular formula is C19H30N4O. The van der Waals surface area contributed by atoms with Gasteiger partial charge >= 0.3 is 0 Å². The number of aromatic nitrogens is 1. The van der Waals surface area contributed by atoms with E-state index in [1.54, 1.807) is 6.20 Å². The monoisotopic (exact) mass is 330 g/mol. The van der Waals surface area contributed by atoms with Crippen LogP contribution in [0.3, 0.4) is 0 Å². The predicted molar refractivity (Wildman–Crippen MR) is 95.5 cm³/mol. The Labute approximate surface area is 145 Å². The van der Waals surface area contributed by atoms with Gasteiger partial charge in [-0.1, -0.05) is 6.07 Å². The number of rotatable bonds is 4. The van der Waals surface area contributed by atoms with Gasteiger partial charge in [0, 0.05) is 38.6 Å². The topological polar surface area (TPSA) is 39.7 Å². The van der Waals surface area contributed by atoms with Crippen molar-refractivity contribution in [1.82, 2.24) is 19.7 Å². The maximum Gasteiger partial charge on any atom is 0.227 e. The molecule has 5 heteroatoms. The van der Waals surface area contributed by atoms with Gasteiger partial charge in [-0.15, -0.1) is 0 Å². The molecule has 2 saturated heterocycles. The second-order valence-electron chi connectivity index (χ2n) is 7.42. The standard InChI is InChI=1S/C19H30N4O/c1-21-11-7-18(8-12-21)23-10-4-6-17(15-23)19(24)22(2)14-16-5-3-9-20-13-16/h3,5,9,13,17-18H,4,6-8,10-12,14-15H2,1-2H3/t17-/m1/s1. The Morgan fingerprint density at radius 1 is 1.29 bits per heavy atom. The average Bonchev–Trinajstić information content (AvgIpc) is 2.62. The van der Waals surface area contributed by atoms with Crippen LogP contribution in [-0.2, 0) is 11.3 Å². The minimum absolute atomic E-state index is 0.153. The molecule has 1 atom stereocenters. The Morgan fingerprint density at radius 2 is 2.08 bits per heavy atom. The second-order valence-corrected chi connectivity index (χ2v) is 7.42. The van der Waals surface area contributed by atoms with Crippen LogP contribution in [0.2, 0.25) is 0 Å². The maximum absolute atomic E-state index is 12.9. The quantitative estimate of drug-likeness (QED) is 0.845. The number of nitrogens with zero attached hydrogens (tertiary/aromatic N) is 4. The Morgan fingerprint density at radius 3 is 2.79 bits per heavy atom. The lowest BCUT2D eigenvalue weighted by Crippen LogP contribution is -2.50. The van der Waals surface area contributed by atoms with Crippen LogP contribution in [0.25, 0.3) is 0 Å². The first-order chi connectivity index (χ1) is 11.6. The summed E-state index contributed by atoms with van der Waals surface area (Å²) in [4.78, 5) is 23.9. The zero-order chi connectivity index (χ0) is 16.9. The fourth-order valence-corrected chi connectivity index (χ4v) is 4.05. The highest BCUT2D eigenvalue weighted by Gasteiger charge is 2.32. The Hall–Kier alpha value is -1.46. The molecule has 0 N–H and O–H groups in total. The molecule has 2 aliphatic rings. The Bertz CT molecular complexity index is 527. The molecule has 0 radical (unpaired) electrons. The van der Waals surface area contributed by atoms with Crippen LogP contribution in [0, 0.1) is 5.92 Å². The smallest absolute Gasteiger partial charge is 0.227 e. The van der Waals surface area contributed by atoms with E-state index in [0.717, 1.165) is 31.5 Å². The summed E-state index contributed by atoms with van der Waals surface area (Å²) < 4.78 is 0. The minimum atomic E-state index is 0.153. The number of pyridine rings is 1. The number of amides is 1. The summed E-state index contributed by atoms with van der Waals surface area (Å²) in [6.07, 6.45) is 8.26. The predicted octanol–water partition coefficient (Wildman–Crippen LogP) is 1.85. The van der Waals surface area contributed by atoms with E-state index in [1.165, 1.54) is 25.9 Å². The molecule has 1 aromatic rings. The largest absolute Gasteiger partial charge is 0.341 e. The van der Waals surface area contributed by atoms with E-state index in [4.69, 9.17) is 0 Å². The molecule has 1 amide bonds.